The zero-order valence-electron chi connectivity index (χ0n) is 11.4. The Bertz CT molecular complexity index is 262. The van der Waals surface area contributed by atoms with Crippen LogP contribution in [0.5, 0.6) is 0 Å². The van der Waals surface area contributed by atoms with Crippen molar-refractivity contribution in [2.75, 3.05) is 26.2 Å². The topological polar surface area (TPSA) is 58.4 Å². The molecule has 1 unspecified atom stereocenters. The molecule has 3 fully saturated rings. The molecule has 3 aliphatic rings. The van der Waals surface area contributed by atoms with Crippen LogP contribution in [0.3, 0.4) is 0 Å². The van der Waals surface area contributed by atoms with E-state index in [9.17, 15) is 4.79 Å². The number of piperidine rings is 3. The molecular formula is C14H27N3O. The molecule has 0 aromatic rings. The molecule has 3 rings (SSSR count). The molecule has 0 saturated carbocycles. The Labute approximate surface area is 110 Å². The number of nitrogens with one attached hydrogen (secondary N) is 1. The van der Waals surface area contributed by atoms with Crippen molar-refractivity contribution in [2.45, 2.75) is 51.0 Å². The first-order valence-corrected chi connectivity index (χ1v) is 7.51. The summed E-state index contributed by atoms with van der Waals surface area (Å²) in [6.07, 6.45) is 7.60. The first kappa shape index (κ1) is 13.8. The van der Waals surface area contributed by atoms with Crippen LogP contribution >= 0.6 is 0 Å². The van der Waals surface area contributed by atoms with Crippen LogP contribution in [0.2, 0.25) is 0 Å². The van der Waals surface area contributed by atoms with Gasteiger partial charge in [0.05, 0.1) is 0 Å². The summed E-state index contributed by atoms with van der Waals surface area (Å²) in [7, 11) is 0. The van der Waals surface area contributed by atoms with E-state index in [0.29, 0.717) is 12.5 Å². The van der Waals surface area contributed by atoms with Gasteiger partial charge in [0.25, 0.3) is 0 Å². The normalized spacial score (nSPS) is 30.4. The lowest BCUT2D eigenvalue weighted by atomic mass is 9.84. The SMILES string of the molecule is NCCCCCCC(=O)NC1CN2CCC1CC2. The Hall–Kier alpha value is -0.610. The van der Waals surface area contributed by atoms with Crippen molar-refractivity contribution >= 4 is 5.91 Å². The average molecular weight is 253 g/mol. The molecular weight excluding hydrogens is 226 g/mol. The van der Waals surface area contributed by atoms with Crippen molar-refractivity contribution < 1.29 is 4.79 Å². The fraction of sp³-hybridized carbons (Fsp3) is 0.929. The molecule has 3 N–H and O–H groups in total. The number of hydrogen-bond acceptors (Lipinski definition) is 3. The third-order valence-electron chi connectivity index (χ3n) is 4.36. The third-order valence-corrected chi connectivity index (χ3v) is 4.36. The highest BCUT2D eigenvalue weighted by atomic mass is 16.1. The molecule has 3 aliphatic heterocycles. The van der Waals surface area contributed by atoms with Gasteiger partial charge in [0.2, 0.25) is 5.91 Å². The molecule has 2 bridgehead atoms. The van der Waals surface area contributed by atoms with E-state index in [1.165, 1.54) is 25.9 Å². The predicted octanol–water partition coefficient (Wildman–Crippen LogP) is 1.11. The van der Waals surface area contributed by atoms with Crippen LogP contribution in [-0.2, 0) is 4.79 Å². The summed E-state index contributed by atoms with van der Waals surface area (Å²) in [5, 5.41) is 3.24. The van der Waals surface area contributed by atoms with Gasteiger partial charge in [-0.1, -0.05) is 12.8 Å². The van der Waals surface area contributed by atoms with Gasteiger partial charge in [0.1, 0.15) is 0 Å². The van der Waals surface area contributed by atoms with Crippen molar-refractivity contribution in [2.24, 2.45) is 11.7 Å². The summed E-state index contributed by atoms with van der Waals surface area (Å²) in [6, 6.07) is 0.420. The quantitative estimate of drug-likeness (QED) is 0.668. The monoisotopic (exact) mass is 253 g/mol. The van der Waals surface area contributed by atoms with Crippen LogP contribution in [0.25, 0.3) is 0 Å². The first-order chi connectivity index (χ1) is 8.79. The summed E-state index contributed by atoms with van der Waals surface area (Å²) >= 11 is 0. The minimum atomic E-state index is 0.251. The van der Waals surface area contributed by atoms with E-state index < -0.39 is 0 Å². The molecule has 3 saturated heterocycles. The second kappa shape index (κ2) is 7.10. The summed E-state index contributed by atoms with van der Waals surface area (Å²) < 4.78 is 0. The average Bonchev–Trinajstić information content (AvgIpc) is 2.40. The molecule has 0 aromatic carbocycles. The van der Waals surface area contributed by atoms with E-state index in [0.717, 1.165) is 44.7 Å². The van der Waals surface area contributed by atoms with Gasteiger partial charge in [-0.05, 0) is 51.2 Å². The Morgan fingerprint density at radius 3 is 2.50 bits per heavy atom. The number of amides is 1. The van der Waals surface area contributed by atoms with E-state index in [1.807, 2.05) is 0 Å². The lowest BCUT2D eigenvalue weighted by Crippen LogP contribution is -2.57. The van der Waals surface area contributed by atoms with Gasteiger partial charge in [0, 0.05) is 19.0 Å². The number of hydrogen-bond donors (Lipinski definition) is 2. The van der Waals surface area contributed by atoms with Crippen molar-refractivity contribution in [3.63, 3.8) is 0 Å². The van der Waals surface area contributed by atoms with E-state index in [2.05, 4.69) is 10.2 Å². The van der Waals surface area contributed by atoms with Crippen molar-refractivity contribution in [1.29, 1.82) is 0 Å². The van der Waals surface area contributed by atoms with Crippen LogP contribution in [-0.4, -0.2) is 43.0 Å². The molecule has 0 radical (unpaired) electrons. The van der Waals surface area contributed by atoms with Gasteiger partial charge in [-0.25, -0.2) is 0 Å². The Kier molecular flexibility index (Phi) is 5.45. The molecule has 1 atom stereocenters. The van der Waals surface area contributed by atoms with Gasteiger partial charge in [0.15, 0.2) is 0 Å². The van der Waals surface area contributed by atoms with Gasteiger partial charge in [-0.15, -0.1) is 0 Å². The number of carbonyl (C=O) groups is 1. The van der Waals surface area contributed by atoms with Crippen molar-refractivity contribution in [3.8, 4) is 0 Å². The number of unbranched alkanes of at least 4 members (excludes halogenated alkanes) is 3. The zero-order valence-corrected chi connectivity index (χ0v) is 11.4. The van der Waals surface area contributed by atoms with E-state index >= 15 is 0 Å². The van der Waals surface area contributed by atoms with Crippen LogP contribution in [0.15, 0.2) is 0 Å². The third kappa shape index (κ3) is 3.95. The maximum Gasteiger partial charge on any atom is 0.220 e. The molecule has 18 heavy (non-hydrogen) atoms. The highest BCUT2D eigenvalue weighted by molar-refractivity contribution is 5.76. The largest absolute Gasteiger partial charge is 0.352 e. The van der Waals surface area contributed by atoms with Gasteiger partial charge in [-0.3, -0.25) is 4.79 Å². The predicted molar refractivity (Wildman–Crippen MR) is 73.2 cm³/mol. The molecule has 4 nitrogen and oxygen atoms in total. The van der Waals surface area contributed by atoms with Crippen molar-refractivity contribution in [3.05, 3.63) is 0 Å². The minimum absolute atomic E-state index is 0.251. The second-order valence-electron chi connectivity index (χ2n) is 5.76. The fourth-order valence-electron chi connectivity index (χ4n) is 3.19. The lowest BCUT2D eigenvalue weighted by molar-refractivity contribution is -0.123. The second-order valence-corrected chi connectivity index (χ2v) is 5.76. The summed E-state index contributed by atoms with van der Waals surface area (Å²) in [6.45, 7) is 4.31. The van der Waals surface area contributed by atoms with Crippen LogP contribution in [0.4, 0.5) is 0 Å². The van der Waals surface area contributed by atoms with E-state index in [1.54, 1.807) is 0 Å². The number of rotatable bonds is 7. The molecule has 3 heterocycles. The highest BCUT2D eigenvalue weighted by Crippen LogP contribution is 2.27. The smallest absolute Gasteiger partial charge is 0.220 e. The Balaban J connectivity index is 1.59. The molecule has 104 valence electrons. The molecule has 0 aromatic heterocycles. The summed E-state index contributed by atoms with van der Waals surface area (Å²) in [4.78, 5) is 14.3. The minimum Gasteiger partial charge on any atom is -0.352 e. The first-order valence-electron chi connectivity index (χ1n) is 7.51. The summed E-state index contributed by atoms with van der Waals surface area (Å²) in [5.41, 5.74) is 5.44. The molecule has 1 amide bonds. The number of nitrogens with two attached hydrogens (primary N) is 1. The van der Waals surface area contributed by atoms with Crippen LogP contribution in [0, 0.1) is 5.92 Å². The lowest BCUT2D eigenvalue weighted by Gasteiger charge is -2.44. The van der Waals surface area contributed by atoms with Crippen molar-refractivity contribution in [1.82, 2.24) is 10.2 Å². The van der Waals surface area contributed by atoms with E-state index in [-0.39, 0.29) is 5.91 Å². The summed E-state index contributed by atoms with van der Waals surface area (Å²) in [5.74, 6) is 0.984. The maximum atomic E-state index is 11.9. The Morgan fingerprint density at radius 2 is 1.89 bits per heavy atom. The van der Waals surface area contributed by atoms with Gasteiger partial charge >= 0.3 is 0 Å². The molecule has 4 heteroatoms. The molecule has 0 aliphatic carbocycles. The van der Waals surface area contributed by atoms with Crippen LogP contribution < -0.4 is 11.1 Å². The van der Waals surface area contributed by atoms with Crippen LogP contribution in [0.1, 0.15) is 44.9 Å². The number of nitrogens with zero attached hydrogens (tertiary/aromatic N) is 1. The standard InChI is InChI=1S/C14H27N3O/c15-8-4-2-1-3-5-14(18)16-13-11-17-9-6-12(13)7-10-17/h12-13H,1-11,15H2,(H,16,18). The van der Waals surface area contributed by atoms with E-state index in [4.69, 9.17) is 5.73 Å². The van der Waals surface area contributed by atoms with Gasteiger partial charge < -0.3 is 16.0 Å². The highest BCUT2D eigenvalue weighted by Gasteiger charge is 2.34. The Morgan fingerprint density at radius 1 is 1.17 bits per heavy atom. The van der Waals surface area contributed by atoms with Gasteiger partial charge in [-0.2, -0.15) is 0 Å². The zero-order chi connectivity index (χ0) is 12.8. The maximum absolute atomic E-state index is 11.9. The number of fused-ring (bicyclic) bond motifs is 3. The fourth-order valence-corrected chi connectivity index (χ4v) is 3.19. The molecule has 0 spiro atoms. The number of carbonyl (C=O) groups excluding carboxylic acids is 1.